The van der Waals surface area contributed by atoms with E-state index in [0.717, 1.165) is 4.47 Å². The summed E-state index contributed by atoms with van der Waals surface area (Å²) >= 11 is 3.34. The maximum Gasteiger partial charge on any atom is 0.331 e. The van der Waals surface area contributed by atoms with Crippen LogP contribution >= 0.6 is 15.9 Å². The van der Waals surface area contributed by atoms with E-state index in [-0.39, 0.29) is 12.3 Å². The number of aliphatic hydroxyl groups is 1. The van der Waals surface area contributed by atoms with Crippen molar-refractivity contribution in [2.45, 2.75) is 26.0 Å². The van der Waals surface area contributed by atoms with Crippen LogP contribution in [0.2, 0.25) is 0 Å². The molecule has 0 bridgehead atoms. The molecule has 0 aliphatic rings. The zero-order chi connectivity index (χ0) is 22.1. The van der Waals surface area contributed by atoms with Crippen LogP contribution in [0.5, 0.6) is 0 Å². The molecular weight excluding hydrogens is 452 g/mol. The molecule has 0 heterocycles. The average molecular weight is 475 g/mol. The molecule has 0 radical (unpaired) electrons. The van der Waals surface area contributed by atoms with Crippen molar-refractivity contribution in [2.75, 3.05) is 6.61 Å². The average Bonchev–Trinajstić information content (AvgIpc) is 2.73. The van der Waals surface area contributed by atoms with Gasteiger partial charge in [0.15, 0.2) is 6.04 Å². The van der Waals surface area contributed by atoms with Gasteiger partial charge < -0.3 is 20.5 Å². The van der Waals surface area contributed by atoms with Crippen molar-refractivity contribution in [3.63, 3.8) is 0 Å². The van der Waals surface area contributed by atoms with Gasteiger partial charge in [-0.2, -0.15) is 0 Å². The monoisotopic (exact) mass is 474 g/mol. The van der Waals surface area contributed by atoms with Crippen molar-refractivity contribution in [1.29, 1.82) is 0 Å². The predicted octanol–water partition coefficient (Wildman–Crippen LogP) is 2.65. The molecule has 8 heteroatoms. The lowest BCUT2D eigenvalue weighted by Crippen LogP contribution is -2.50. The minimum Gasteiger partial charge on any atom is -0.464 e. The molecule has 2 rings (SSSR count). The lowest BCUT2D eigenvalue weighted by molar-refractivity contribution is -0.150. The summed E-state index contributed by atoms with van der Waals surface area (Å²) in [5.41, 5.74) is 0.937. The smallest absolute Gasteiger partial charge is 0.331 e. The summed E-state index contributed by atoms with van der Waals surface area (Å²) in [5, 5.41) is 14.9. The highest BCUT2D eigenvalue weighted by atomic mass is 79.9. The van der Waals surface area contributed by atoms with E-state index in [9.17, 15) is 19.5 Å². The Hall–Kier alpha value is -2.97. The Morgan fingerprint density at radius 2 is 1.73 bits per heavy atom. The van der Waals surface area contributed by atoms with Gasteiger partial charge in [-0.1, -0.05) is 46.3 Å². The highest BCUT2D eigenvalue weighted by Crippen LogP contribution is 2.13. The number of hydrogen-bond donors (Lipinski definition) is 3. The van der Waals surface area contributed by atoms with E-state index in [1.54, 1.807) is 61.5 Å². The second kappa shape index (κ2) is 11.3. The highest BCUT2D eigenvalue weighted by Gasteiger charge is 2.28. The Morgan fingerprint density at radius 1 is 1.10 bits per heavy atom. The molecular formula is C22H23BrN2O5. The zero-order valence-corrected chi connectivity index (χ0v) is 18.2. The fourth-order valence-electron chi connectivity index (χ4n) is 2.50. The number of rotatable bonds is 8. The molecule has 0 unspecified atom stereocenters. The molecule has 2 aromatic carbocycles. The second-order valence-electron chi connectivity index (χ2n) is 6.37. The van der Waals surface area contributed by atoms with Crippen LogP contribution in [0, 0.1) is 0 Å². The van der Waals surface area contributed by atoms with Gasteiger partial charge in [-0.15, -0.1) is 0 Å². The third kappa shape index (κ3) is 6.82. The second-order valence-corrected chi connectivity index (χ2v) is 7.29. The Labute approximate surface area is 183 Å². The lowest BCUT2D eigenvalue weighted by atomic mass is 10.1. The van der Waals surface area contributed by atoms with E-state index in [0.29, 0.717) is 11.1 Å². The maximum absolute atomic E-state index is 12.9. The first-order valence-corrected chi connectivity index (χ1v) is 10.1. The van der Waals surface area contributed by atoms with Crippen LogP contribution in [0.15, 0.2) is 64.8 Å². The van der Waals surface area contributed by atoms with Gasteiger partial charge in [0.2, 0.25) is 0 Å². The van der Waals surface area contributed by atoms with Crippen molar-refractivity contribution in [2.24, 2.45) is 0 Å². The van der Waals surface area contributed by atoms with Gasteiger partial charge in [0.05, 0.1) is 12.7 Å². The fraction of sp³-hybridized carbons (Fsp3) is 0.227. The van der Waals surface area contributed by atoms with Gasteiger partial charge in [0, 0.05) is 10.0 Å². The summed E-state index contributed by atoms with van der Waals surface area (Å²) in [6.07, 6.45) is 0.291. The number of carbonyl (C=O) groups excluding carboxylic acids is 3. The van der Waals surface area contributed by atoms with E-state index in [1.807, 2.05) is 0 Å². The summed E-state index contributed by atoms with van der Waals surface area (Å²) in [6, 6.07) is 14.2. The topological polar surface area (TPSA) is 105 Å². The molecule has 3 N–H and O–H groups in total. The van der Waals surface area contributed by atoms with Gasteiger partial charge >= 0.3 is 5.97 Å². The van der Waals surface area contributed by atoms with E-state index in [4.69, 9.17) is 4.74 Å². The molecule has 0 saturated carbocycles. The summed E-state index contributed by atoms with van der Waals surface area (Å²) in [4.78, 5) is 37.5. The van der Waals surface area contributed by atoms with Crippen molar-refractivity contribution in [1.82, 2.24) is 10.6 Å². The third-order valence-electron chi connectivity index (χ3n) is 4.02. The SMILES string of the molecule is CCOC(=O)[C@H](NC(=O)/C(=C\c1ccc(Br)cc1)NC(=O)c1ccccc1)[C@H](C)O. The maximum atomic E-state index is 12.9. The standard InChI is InChI=1S/C22H23BrN2O5/c1-3-30-22(29)19(14(2)26)25-21(28)18(13-15-9-11-17(23)12-10-15)24-20(27)16-7-5-4-6-8-16/h4-14,19,26H,3H2,1-2H3,(H,24,27)(H,25,28)/b18-13+/t14-,19+/m0/s1. The fourth-order valence-corrected chi connectivity index (χ4v) is 2.76. The van der Waals surface area contributed by atoms with Gasteiger partial charge in [-0.05, 0) is 49.8 Å². The highest BCUT2D eigenvalue weighted by molar-refractivity contribution is 9.10. The minimum absolute atomic E-state index is 0.0823. The Morgan fingerprint density at radius 3 is 2.30 bits per heavy atom. The predicted molar refractivity (Wildman–Crippen MR) is 116 cm³/mol. The van der Waals surface area contributed by atoms with E-state index in [1.165, 1.54) is 13.0 Å². The number of amides is 2. The van der Waals surface area contributed by atoms with Crippen LogP contribution in [0.4, 0.5) is 0 Å². The molecule has 0 spiro atoms. The largest absolute Gasteiger partial charge is 0.464 e. The van der Waals surface area contributed by atoms with Crippen molar-refractivity contribution in [3.8, 4) is 0 Å². The van der Waals surface area contributed by atoms with Crippen LogP contribution in [0.25, 0.3) is 6.08 Å². The van der Waals surface area contributed by atoms with E-state index < -0.39 is 29.9 Å². The number of ether oxygens (including phenoxy) is 1. The van der Waals surface area contributed by atoms with Crippen LogP contribution < -0.4 is 10.6 Å². The number of benzene rings is 2. The van der Waals surface area contributed by atoms with Crippen LogP contribution in [0.3, 0.4) is 0 Å². The molecule has 158 valence electrons. The van der Waals surface area contributed by atoms with Crippen LogP contribution in [-0.4, -0.2) is 41.6 Å². The molecule has 0 fully saturated rings. The molecule has 2 atom stereocenters. The van der Waals surface area contributed by atoms with Gasteiger partial charge in [0.25, 0.3) is 11.8 Å². The van der Waals surface area contributed by atoms with Gasteiger partial charge in [-0.3, -0.25) is 9.59 Å². The Balaban J connectivity index is 2.31. The molecule has 2 amide bonds. The molecule has 2 aromatic rings. The number of aliphatic hydroxyl groups excluding tert-OH is 1. The van der Waals surface area contributed by atoms with Crippen molar-refractivity contribution >= 4 is 39.8 Å². The van der Waals surface area contributed by atoms with E-state index in [2.05, 4.69) is 26.6 Å². The molecule has 0 aliphatic heterocycles. The quantitative estimate of drug-likeness (QED) is 0.402. The first-order valence-electron chi connectivity index (χ1n) is 9.31. The molecule has 30 heavy (non-hydrogen) atoms. The summed E-state index contributed by atoms with van der Waals surface area (Å²) in [5.74, 6) is -1.99. The van der Waals surface area contributed by atoms with Crippen molar-refractivity contribution < 1.29 is 24.2 Å². The van der Waals surface area contributed by atoms with E-state index >= 15 is 0 Å². The number of nitrogens with one attached hydrogen (secondary N) is 2. The summed E-state index contributed by atoms with van der Waals surface area (Å²) in [7, 11) is 0. The number of esters is 1. The Kier molecular flexibility index (Phi) is 8.76. The first kappa shape index (κ1) is 23.3. The van der Waals surface area contributed by atoms with Crippen LogP contribution in [0.1, 0.15) is 29.8 Å². The lowest BCUT2D eigenvalue weighted by Gasteiger charge is -2.20. The number of carbonyl (C=O) groups is 3. The number of halogens is 1. The normalized spacial score (nSPS) is 13.1. The molecule has 0 aliphatic carbocycles. The minimum atomic E-state index is -1.28. The molecule has 7 nitrogen and oxygen atoms in total. The van der Waals surface area contributed by atoms with Crippen LogP contribution in [-0.2, 0) is 14.3 Å². The molecule has 0 saturated heterocycles. The number of hydrogen-bond acceptors (Lipinski definition) is 5. The molecule has 0 aromatic heterocycles. The third-order valence-corrected chi connectivity index (χ3v) is 4.55. The Bertz CT molecular complexity index is 911. The van der Waals surface area contributed by atoms with Gasteiger partial charge in [0.1, 0.15) is 5.70 Å². The summed E-state index contributed by atoms with van der Waals surface area (Å²) in [6.45, 7) is 3.09. The zero-order valence-electron chi connectivity index (χ0n) is 16.6. The van der Waals surface area contributed by atoms with Crippen molar-refractivity contribution in [3.05, 3.63) is 75.9 Å². The first-order chi connectivity index (χ1) is 14.3. The van der Waals surface area contributed by atoms with Gasteiger partial charge in [-0.25, -0.2) is 4.79 Å². The summed E-state index contributed by atoms with van der Waals surface area (Å²) < 4.78 is 5.76.